The molecule has 0 unspecified atom stereocenters. The average molecular weight is 951 g/mol. The van der Waals surface area contributed by atoms with Gasteiger partial charge in [-0.3, -0.25) is 0 Å². The first kappa shape index (κ1) is 50.0. The topological polar surface area (TPSA) is 55.4 Å². The smallest absolute Gasteiger partial charge is 0.405 e. The maximum absolute atomic E-state index is 6.45. The Morgan fingerprint density at radius 1 is 0.343 bits per heavy atom. The Kier molecular flexibility index (Phi) is 13.5. The van der Waals surface area contributed by atoms with Gasteiger partial charge in [0.2, 0.25) is 0 Å². The maximum atomic E-state index is 6.45. The van der Waals surface area contributed by atoms with E-state index in [4.69, 9.17) is 39.5 Å². The van der Waals surface area contributed by atoms with Crippen LogP contribution >= 0.6 is 11.6 Å². The first-order valence-corrected chi connectivity index (χ1v) is 25.1. The van der Waals surface area contributed by atoms with Gasteiger partial charge in [-0.1, -0.05) is 163 Å². The molecule has 11 rings (SSSR count). The zero-order chi connectivity index (χ0) is 49.9. The largest absolute Gasteiger partial charge is 0.495 e. The maximum Gasteiger partial charge on any atom is 0.495 e. The summed E-state index contributed by atoms with van der Waals surface area (Å²) in [6.45, 7) is 24.6. The van der Waals surface area contributed by atoms with Crippen molar-refractivity contribution in [2.45, 2.75) is 130 Å². The zero-order valence-electron chi connectivity index (χ0n) is 43.0. The predicted molar refractivity (Wildman–Crippen MR) is 291 cm³/mol. The Bertz CT molecular complexity index is 2830. The highest BCUT2D eigenvalue weighted by atomic mass is 35.5. The molecule has 6 aromatic rings. The highest BCUT2D eigenvalue weighted by Gasteiger charge is 2.64. The van der Waals surface area contributed by atoms with Crippen molar-refractivity contribution in [3.05, 3.63) is 207 Å². The van der Waals surface area contributed by atoms with Gasteiger partial charge in [0.1, 0.15) is 0 Å². The molecule has 0 N–H and O–H groups in total. The van der Waals surface area contributed by atoms with E-state index in [0.29, 0.717) is 0 Å². The van der Waals surface area contributed by atoms with Crippen molar-refractivity contribution in [3.8, 4) is 0 Å². The number of halogens is 1. The molecule has 0 saturated carbocycles. The van der Waals surface area contributed by atoms with Crippen LogP contribution in [0.25, 0.3) is 22.3 Å². The van der Waals surface area contributed by atoms with Crippen LogP contribution in [-0.4, -0.2) is 54.7 Å². The van der Waals surface area contributed by atoms with Crippen LogP contribution in [0.4, 0.5) is 0 Å². The fourth-order valence-electron chi connectivity index (χ4n) is 9.70. The van der Waals surface area contributed by atoms with E-state index in [2.05, 4.69) is 173 Å². The first-order chi connectivity index (χ1) is 33.1. The van der Waals surface area contributed by atoms with Crippen LogP contribution in [-0.2, 0) is 40.8 Å². The van der Waals surface area contributed by atoms with E-state index < -0.39 is 14.0 Å². The standard InChI is InChI=1S/C27H27BO2.C21H15Cl.C12H24B2O4/c1-26(2)27(3,4)30-28(29-26)24-17-11-16-21-23(24)18-22(19-12-7-5-8-13-19)25(21)20-14-9-6-10-15-20;22-20-13-7-12-17-19(20)14-18(15-8-3-1-4-9-15)21(17)16-10-5-2-6-11-16;1-9(2)10(3,4)16-13(15-9)14-17-11(5,6)12(7,8)18-14/h5-17H,18H2,1-4H3;1-13H,14H2;1-8H3. The van der Waals surface area contributed by atoms with Crippen LogP contribution in [0.5, 0.6) is 0 Å². The minimum Gasteiger partial charge on any atom is -0.405 e. The van der Waals surface area contributed by atoms with Crippen LogP contribution in [0.15, 0.2) is 158 Å². The van der Waals surface area contributed by atoms with E-state index in [-0.39, 0.29) is 40.7 Å². The average Bonchev–Trinajstić information content (AvgIpc) is 4.08. The summed E-state index contributed by atoms with van der Waals surface area (Å²) in [6, 6.07) is 55.3. The number of hydrogen-bond donors (Lipinski definition) is 0. The SMILES string of the molecule is CC1(C)OB(B2OC(C)(C)C(C)(C)O2)OC1(C)C.CC1(C)OB(c2cccc3c2CC(c2ccccc2)=C3c2ccccc2)OC1(C)C.Clc1cccc2c1CC(c1ccccc1)=C2c1ccccc1. The van der Waals surface area contributed by atoms with Gasteiger partial charge in [0.05, 0.1) is 33.6 Å². The second-order valence-corrected chi connectivity index (χ2v) is 22.4. The molecule has 0 amide bonds. The minimum atomic E-state index is -0.476. The molecular formula is C60H66B3ClO6. The molecule has 5 aliphatic rings. The molecule has 6 nitrogen and oxygen atoms in total. The van der Waals surface area contributed by atoms with Gasteiger partial charge in [-0.25, -0.2) is 0 Å². The van der Waals surface area contributed by atoms with E-state index in [0.717, 1.165) is 23.3 Å². The van der Waals surface area contributed by atoms with E-state index in [1.807, 2.05) is 67.5 Å². The molecule has 0 atom stereocenters. The van der Waals surface area contributed by atoms with Crippen molar-refractivity contribution in [1.82, 2.24) is 0 Å². The highest BCUT2D eigenvalue weighted by Crippen LogP contribution is 2.47. The van der Waals surface area contributed by atoms with Crippen LogP contribution in [0, 0.1) is 0 Å². The van der Waals surface area contributed by atoms with Crippen LogP contribution in [0.3, 0.4) is 0 Å². The third-order valence-corrected chi connectivity index (χ3v) is 16.2. The molecule has 3 fully saturated rings. The van der Waals surface area contributed by atoms with Crippen molar-refractivity contribution in [1.29, 1.82) is 0 Å². The molecule has 2 aliphatic carbocycles. The van der Waals surface area contributed by atoms with Gasteiger partial charge in [-0.2, -0.15) is 0 Å². The molecule has 0 bridgehead atoms. The quantitative estimate of drug-likeness (QED) is 0.155. The second kappa shape index (κ2) is 18.9. The van der Waals surface area contributed by atoms with Crippen molar-refractivity contribution < 1.29 is 27.9 Å². The first-order valence-electron chi connectivity index (χ1n) is 24.7. The summed E-state index contributed by atoms with van der Waals surface area (Å²) in [7, 11) is -1.30. The molecule has 3 saturated heterocycles. The second-order valence-electron chi connectivity index (χ2n) is 22.0. The molecule has 10 heteroatoms. The number of benzene rings is 6. The fourth-order valence-corrected chi connectivity index (χ4v) is 9.94. The van der Waals surface area contributed by atoms with Crippen LogP contribution < -0.4 is 5.46 Å². The van der Waals surface area contributed by atoms with Gasteiger partial charge in [0, 0.05) is 11.4 Å². The summed E-state index contributed by atoms with van der Waals surface area (Å²) in [5.74, 6) is 0. The minimum absolute atomic E-state index is 0.350. The molecule has 3 aliphatic heterocycles. The van der Waals surface area contributed by atoms with E-state index in [9.17, 15) is 0 Å². The summed E-state index contributed by atoms with van der Waals surface area (Å²) in [5.41, 5.74) is 14.5. The number of rotatable bonds is 6. The lowest BCUT2D eigenvalue weighted by molar-refractivity contribution is 0.00578. The van der Waals surface area contributed by atoms with Gasteiger partial charge in [-0.05, 0) is 168 Å². The normalized spacial score (nSPS) is 20.7. The number of allylic oxidation sites excluding steroid dienone is 2. The van der Waals surface area contributed by atoms with E-state index in [1.54, 1.807) is 0 Å². The molecule has 0 spiro atoms. The van der Waals surface area contributed by atoms with Gasteiger partial charge < -0.3 is 27.9 Å². The summed E-state index contributed by atoms with van der Waals surface area (Å²) in [5, 5.41) is 0.858. The molecule has 6 aromatic carbocycles. The summed E-state index contributed by atoms with van der Waals surface area (Å²) in [4.78, 5) is 0. The predicted octanol–water partition coefficient (Wildman–Crippen LogP) is 13.6. The molecular weight excluding hydrogens is 885 g/mol. The third kappa shape index (κ3) is 9.47. The number of hydrogen-bond acceptors (Lipinski definition) is 6. The Hall–Kier alpha value is -4.96. The summed E-state index contributed by atoms with van der Waals surface area (Å²) in [6.07, 6.45) is 1.77. The zero-order valence-corrected chi connectivity index (χ0v) is 43.7. The number of fused-ring (bicyclic) bond motifs is 2. The molecule has 3 heterocycles. The summed E-state index contributed by atoms with van der Waals surface area (Å²) < 4.78 is 36.7. The lowest BCUT2D eigenvalue weighted by Crippen LogP contribution is -2.41. The van der Waals surface area contributed by atoms with Crippen molar-refractivity contribution in [2.24, 2.45) is 0 Å². The fraction of sp³-hybridized carbons (Fsp3) is 0.333. The monoisotopic (exact) mass is 950 g/mol. The van der Waals surface area contributed by atoms with Gasteiger partial charge >= 0.3 is 21.1 Å². The molecule has 358 valence electrons. The van der Waals surface area contributed by atoms with E-state index >= 15 is 0 Å². The van der Waals surface area contributed by atoms with Gasteiger partial charge in [0.25, 0.3) is 0 Å². The summed E-state index contributed by atoms with van der Waals surface area (Å²) >= 11 is 6.45. The van der Waals surface area contributed by atoms with Crippen LogP contribution in [0.1, 0.15) is 128 Å². The van der Waals surface area contributed by atoms with Gasteiger partial charge in [-0.15, -0.1) is 0 Å². The third-order valence-electron chi connectivity index (χ3n) is 15.8. The molecule has 70 heavy (non-hydrogen) atoms. The van der Waals surface area contributed by atoms with Crippen molar-refractivity contribution in [3.63, 3.8) is 0 Å². The highest BCUT2D eigenvalue weighted by molar-refractivity contribution is 7.11. The Morgan fingerprint density at radius 2 is 0.657 bits per heavy atom. The Balaban J connectivity index is 0.000000135. The van der Waals surface area contributed by atoms with E-state index in [1.165, 1.54) is 66.8 Å². The Morgan fingerprint density at radius 3 is 1.04 bits per heavy atom. The lowest BCUT2D eigenvalue weighted by atomic mass is 9.49. The molecule has 0 radical (unpaired) electrons. The lowest BCUT2D eigenvalue weighted by Gasteiger charge is -2.32. The van der Waals surface area contributed by atoms with Crippen LogP contribution in [0.2, 0.25) is 5.02 Å². The Labute approximate surface area is 423 Å². The van der Waals surface area contributed by atoms with Gasteiger partial charge in [0.15, 0.2) is 0 Å². The molecule has 0 aromatic heterocycles. The van der Waals surface area contributed by atoms with Crippen molar-refractivity contribution >= 4 is 60.5 Å². The van der Waals surface area contributed by atoms with Crippen molar-refractivity contribution in [2.75, 3.05) is 0 Å².